The van der Waals surface area contributed by atoms with Gasteiger partial charge in [0.2, 0.25) is 0 Å². The third-order valence-electron chi connectivity index (χ3n) is 4.46. The van der Waals surface area contributed by atoms with Crippen molar-refractivity contribution in [1.82, 2.24) is 0 Å². The molecule has 4 nitrogen and oxygen atoms in total. The Kier molecular flexibility index (Phi) is 9.84. The van der Waals surface area contributed by atoms with E-state index in [4.69, 9.17) is 9.47 Å². The lowest BCUT2D eigenvalue weighted by atomic mass is 10.1. The van der Waals surface area contributed by atoms with Crippen molar-refractivity contribution in [2.75, 3.05) is 6.61 Å². The van der Waals surface area contributed by atoms with Crippen molar-refractivity contribution >= 4 is 27.9 Å². The summed E-state index contributed by atoms with van der Waals surface area (Å²) in [4.78, 5) is 24.9. The summed E-state index contributed by atoms with van der Waals surface area (Å²) < 4.78 is 24.6. The number of hydrogen-bond donors (Lipinski definition) is 0. The average molecular weight is 465 g/mol. The first-order valence-corrected chi connectivity index (χ1v) is 10.7. The van der Waals surface area contributed by atoms with Gasteiger partial charge in [-0.2, -0.15) is 0 Å². The molecule has 2 rings (SSSR count). The van der Waals surface area contributed by atoms with Crippen molar-refractivity contribution in [1.29, 1.82) is 0 Å². The van der Waals surface area contributed by atoms with E-state index in [2.05, 4.69) is 22.9 Å². The van der Waals surface area contributed by atoms with Gasteiger partial charge in [-0.25, -0.2) is 14.0 Å². The molecule has 0 saturated carbocycles. The maximum absolute atomic E-state index is 13.4. The van der Waals surface area contributed by atoms with Crippen molar-refractivity contribution in [3.63, 3.8) is 0 Å². The molecule has 29 heavy (non-hydrogen) atoms. The summed E-state index contributed by atoms with van der Waals surface area (Å²) in [6.45, 7) is 2.38. The Morgan fingerprint density at radius 3 is 2.21 bits per heavy atom. The van der Waals surface area contributed by atoms with Crippen LogP contribution in [0.25, 0.3) is 0 Å². The molecule has 0 saturated heterocycles. The zero-order valence-electron chi connectivity index (χ0n) is 16.6. The summed E-state index contributed by atoms with van der Waals surface area (Å²) in [5.74, 6) is -1.62. The normalized spacial score (nSPS) is 10.6. The minimum atomic E-state index is -0.659. The quantitative estimate of drug-likeness (QED) is 0.282. The van der Waals surface area contributed by atoms with Crippen LogP contribution in [0.1, 0.15) is 71.7 Å². The van der Waals surface area contributed by atoms with E-state index in [0.29, 0.717) is 16.6 Å². The number of hydrogen-bond acceptors (Lipinski definition) is 4. The molecule has 0 aliphatic heterocycles. The lowest BCUT2D eigenvalue weighted by Gasteiger charge is -2.11. The summed E-state index contributed by atoms with van der Waals surface area (Å²) in [7, 11) is 0. The molecule has 0 aliphatic rings. The van der Waals surface area contributed by atoms with Gasteiger partial charge in [0.05, 0.1) is 17.7 Å². The van der Waals surface area contributed by atoms with E-state index < -0.39 is 17.8 Å². The summed E-state index contributed by atoms with van der Waals surface area (Å²) in [6.07, 6.45) is 6.55. The van der Waals surface area contributed by atoms with Gasteiger partial charge in [-0.1, -0.05) is 67.1 Å². The monoisotopic (exact) mass is 464 g/mol. The Bertz CT molecular complexity index is 822. The van der Waals surface area contributed by atoms with Crippen LogP contribution in [0.15, 0.2) is 46.9 Å². The van der Waals surface area contributed by atoms with Crippen molar-refractivity contribution < 1.29 is 23.5 Å². The first-order chi connectivity index (χ1) is 14.0. The highest BCUT2D eigenvalue weighted by atomic mass is 79.9. The van der Waals surface area contributed by atoms with Gasteiger partial charge in [0, 0.05) is 10.0 Å². The molecule has 0 aliphatic carbocycles. The number of carbonyl (C=O) groups excluding carboxylic acids is 2. The number of rotatable bonds is 11. The van der Waals surface area contributed by atoms with Crippen LogP contribution in [-0.2, 0) is 16.1 Å². The van der Waals surface area contributed by atoms with E-state index in [0.717, 1.165) is 19.3 Å². The molecular weight excluding hydrogens is 439 g/mol. The van der Waals surface area contributed by atoms with E-state index in [1.165, 1.54) is 43.5 Å². The highest BCUT2D eigenvalue weighted by Crippen LogP contribution is 2.20. The van der Waals surface area contributed by atoms with E-state index in [1.807, 2.05) is 0 Å². The second-order valence-electron chi connectivity index (χ2n) is 6.76. The maximum atomic E-state index is 13.4. The molecule has 0 unspecified atom stereocenters. The van der Waals surface area contributed by atoms with Gasteiger partial charge in [-0.3, -0.25) is 0 Å². The molecule has 2 aromatic rings. The van der Waals surface area contributed by atoms with Crippen LogP contribution in [0.3, 0.4) is 0 Å². The molecule has 0 N–H and O–H groups in total. The fourth-order valence-electron chi connectivity index (χ4n) is 2.84. The van der Waals surface area contributed by atoms with Gasteiger partial charge in [-0.15, -0.1) is 0 Å². The van der Waals surface area contributed by atoms with Crippen LogP contribution in [0.2, 0.25) is 0 Å². The molecular formula is C23H26BrFO4. The SMILES string of the molecule is CCCCCCCCOC(=O)c1ccccc1C(=O)OCc1cc(F)ccc1Br. The van der Waals surface area contributed by atoms with E-state index in [9.17, 15) is 14.0 Å². The predicted octanol–water partition coefficient (Wildman–Crippen LogP) is 6.46. The Morgan fingerprint density at radius 1 is 0.897 bits per heavy atom. The summed E-state index contributed by atoms with van der Waals surface area (Å²) in [5, 5.41) is 0. The van der Waals surface area contributed by atoms with Crippen LogP contribution in [0.5, 0.6) is 0 Å². The fourth-order valence-corrected chi connectivity index (χ4v) is 3.20. The Morgan fingerprint density at radius 2 is 1.52 bits per heavy atom. The maximum Gasteiger partial charge on any atom is 0.339 e. The number of benzene rings is 2. The molecule has 156 valence electrons. The highest BCUT2D eigenvalue weighted by Gasteiger charge is 2.19. The van der Waals surface area contributed by atoms with Gasteiger partial charge in [0.1, 0.15) is 12.4 Å². The molecule has 2 aromatic carbocycles. The largest absolute Gasteiger partial charge is 0.462 e. The van der Waals surface area contributed by atoms with E-state index >= 15 is 0 Å². The molecule has 0 amide bonds. The van der Waals surface area contributed by atoms with Crippen molar-refractivity contribution in [3.8, 4) is 0 Å². The molecule has 6 heteroatoms. The number of esters is 2. The lowest BCUT2D eigenvalue weighted by molar-refractivity contribution is 0.0435. The lowest BCUT2D eigenvalue weighted by Crippen LogP contribution is -2.14. The summed E-state index contributed by atoms with van der Waals surface area (Å²) in [5.41, 5.74) is 0.802. The fraction of sp³-hybridized carbons (Fsp3) is 0.391. The van der Waals surface area contributed by atoms with Crippen molar-refractivity contribution in [2.24, 2.45) is 0 Å². The third-order valence-corrected chi connectivity index (χ3v) is 5.24. The van der Waals surface area contributed by atoms with Crippen LogP contribution < -0.4 is 0 Å². The van der Waals surface area contributed by atoms with Crippen LogP contribution in [-0.4, -0.2) is 18.5 Å². The number of carbonyl (C=O) groups is 2. The molecule has 0 aromatic heterocycles. The van der Waals surface area contributed by atoms with Crippen molar-refractivity contribution in [3.05, 3.63) is 69.4 Å². The Balaban J connectivity index is 1.90. The average Bonchev–Trinajstić information content (AvgIpc) is 2.73. The third kappa shape index (κ3) is 7.61. The predicted molar refractivity (Wildman–Crippen MR) is 113 cm³/mol. The van der Waals surface area contributed by atoms with Gasteiger partial charge in [0.25, 0.3) is 0 Å². The first kappa shape index (κ1) is 23.1. The standard InChI is InChI=1S/C23H26BrFO4/c1-2-3-4-5-6-9-14-28-22(26)19-10-7-8-11-20(19)23(27)29-16-17-15-18(25)12-13-21(17)24/h7-8,10-13,15H,2-6,9,14,16H2,1H3. The molecule has 0 spiro atoms. The second kappa shape index (κ2) is 12.4. The van der Waals surface area contributed by atoms with E-state index in [-0.39, 0.29) is 17.7 Å². The smallest absolute Gasteiger partial charge is 0.339 e. The van der Waals surface area contributed by atoms with Crippen LogP contribution in [0, 0.1) is 5.82 Å². The highest BCUT2D eigenvalue weighted by molar-refractivity contribution is 9.10. The molecule has 0 bridgehead atoms. The Labute approximate surface area is 179 Å². The van der Waals surface area contributed by atoms with Crippen LogP contribution in [0.4, 0.5) is 4.39 Å². The van der Waals surface area contributed by atoms with Gasteiger partial charge in [-0.05, 0) is 36.8 Å². The zero-order valence-corrected chi connectivity index (χ0v) is 18.2. The number of halogens is 2. The molecule has 0 fully saturated rings. The topological polar surface area (TPSA) is 52.6 Å². The van der Waals surface area contributed by atoms with Gasteiger partial charge >= 0.3 is 11.9 Å². The molecule has 0 heterocycles. The molecule has 0 atom stereocenters. The van der Waals surface area contributed by atoms with Crippen molar-refractivity contribution in [2.45, 2.75) is 52.1 Å². The summed E-state index contributed by atoms with van der Waals surface area (Å²) in [6, 6.07) is 10.5. The zero-order chi connectivity index (χ0) is 21.1. The second-order valence-corrected chi connectivity index (χ2v) is 7.62. The first-order valence-electron chi connectivity index (χ1n) is 9.90. The Hall–Kier alpha value is -2.21. The van der Waals surface area contributed by atoms with Gasteiger partial charge in [0.15, 0.2) is 0 Å². The van der Waals surface area contributed by atoms with E-state index in [1.54, 1.807) is 18.2 Å². The minimum absolute atomic E-state index is 0.113. The number of ether oxygens (including phenoxy) is 2. The minimum Gasteiger partial charge on any atom is -0.462 e. The van der Waals surface area contributed by atoms with Gasteiger partial charge < -0.3 is 9.47 Å². The number of unbranched alkanes of at least 4 members (excludes halogenated alkanes) is 5. The summed E-state index contributed by atoms with van der Waals surface area (Å²) >= 11 is 3.30. The molecule has 0 radical (unpaired) electrons. The van der Waals surface area contributed by atoms with Crippen LogP contribution >= 0.6 is 15.9 Å².